The van der Waals surface area contributed by atoms with E-state index in [0.717, 1.165) is 32.4 Å². The van der Waals surface area contributed by atoms with Crippen molar-refractivity contribution in [2.45, 2.75) is 19.3 Å². The largest absolute Gasteiger partial charge is 0.332 e. The maximum absolute atomic E-state index is 5.70. The van der Waals surface area contributed by atoms with Crippen LogP contribution in [0.1, 0.15) is 18.4 Å². The fraction of sp³-hybridized carbons (Fsp3) is 0.240. The van der Waals surface area contributed by atoms with Crippen LogP contribution < -0.4 is 9.34 Å². The molecule has 0 atom stereocenters. The maximum atomic E-state index is 5.70. The number of para-hydroxylation sites is 2. The van der Waals surface area contributed by atoms with Crippen molar-refractivity contribution in [2.24, 2.45) is 0 Å². The first-order valence-corrected chi connectivity index (χ1v) is 12.1. The molecular weight excluding hydrogens is 391 g/mol. The molecule has 3 aromatic rings. The van der Waals surface area contributed by atoms with Gasteiger partial charge in [-0.3, -0.25) is 0 Å². The minimum atomic E-state index is -0.407. The summed E-state index contributed by atoms with van der Waals surface area (Å²) in [7, 11) is -0.407. The molecule has 0 saturated carbocycles. The van der Waals surface area contributed by atoms with E-state index in [1.807, 2.05) is 0 Å². The lowest BCUT2D eigenvalue weighted by Crippen LogP contribution is -2.17. The predicted octanol–water partition coefficient (Wildman–Crippen LogP) is 6.72. The van der Waals surface area contributed by atoms with E-state index in [4.69, 9.17) is 12.2 Å². The molecule has 3 aromatic carbocycles. The fourth-order valence-electron chi connectivity index (χ4n) is 3.85. The summed E-state index contributed by atoms with van der Waals surface area (Å²) in [5, 5.41) is 0. The van der Waals surface area contributed by atoms with E-state index in [-0.39, 0.29) is 0 Å². The van der Waals surface area contributed by atoms with E-state index < -0.39 is 8.22 Å². The Bertz CT molecular complexity index is 854. The molecule has 1 aliphatic heterocycles. The van der Waals surface area contributed by atoms with Crippen LogP contribution in [0.4, 0.5) is 11.4 Å². The predicted molar refractivity (Wildman–Crippen MR) is 131 cm³/mol. The Hall–Kier alpha value is -2.22. The summed E-state index contributed by atoms with van der Waals surface area (Å²) in [6, 6.07) is 32.3. The minimum Gasteiger partial charge on any atom is -0.332 e. The highest BCUT2D eigenvalue weighted by Crippen LogP contribution is 2.53. The van der Waals surface area contributed by atoms with Crippen LogP contribution in [0.2, 0.25) is 0 Å². The second kappa shape index (κ2) is 10.0. The molecule has 1 fully saturated rings. The van der Waals surface area contributed by atoms with Crippen LogP contribution in [0.3, 0.4) is 0 Å². The van der Waals surface area contributed by atoms with Gasteiger partial charge in [0, 0.05) is 37.0 Å². The number of thiocarbonyl (C=S) groups is 1. The van der Waals surface area contributed by atoms with Crippen molar-refractivity contribution >= 4 is 36.7 Å². The molecule has 29 heavy (non-hydrogen) atoms. The van der Waals surface area contributed by atoms with Gasteiger partial charge < -0.3 is 9.34 Å². The monoisotopic (exact) mass is 418 g/mol. The Labute approximate surface area is 181 Å². The molecule has 4 heteroatoms. The van der Waals surface area contributed by atoms with Crippen LogP contribution in [0.25, 0.3) is 0 Å². The molecule has 2 nitrogen and oxygen atoms in total. The molecule has 0 spiro atoms. The van der Waals surface area contributed by atoms with Crippen LogP contribution in [0.5, 0.6) is 0 Å². The number of rotatable bonds is 8. The molecule has 0 aliphatic carbocycles. The van der Waals surface area contributed by atoms with Gasteiger partial charge in [0.1, 0.15) is 0 Å². The highest BCUT2D eigenvalue weighted by atomic mass is 32.1. The quantitative estimate of drug-likeness (QED) is 0.296. The van der Waals surface area contributed by atoms with E-state index in [1.54, 1.807) is 0 Å². The van der Waals surface area contributed by atoms with Crippen LogP contribution in [0, 0.1) is 0 Å². The van der Waals surface area contributed by atoms with E-state index in [2.05, 4.69) is 100 Å². The summed E-state index contributed by atoms with van der Waals surface area (Å²) < 4.78 is 5.23. The minimum absolute atomic E-state index is 0.407. The Balaban J connectivity index is 1.42. The first-order valence-electron chi connectivity index (χ1n) is 10.3. The molecule has 4 rings (SSSR count). The molecule has 1 saturated heterocycles. The molecule has 0 radical (unpaired) electrons. The first-order chi connectivity index (χ1) is 14.3. The number of hydrogen-bond donors (Lipinski definition) is 0. The lowest BCUT2D eigenvalue weighted by Gasteiger charge is -2.32. The zero-order chi connectivity index (χ0) is 19.9. The number of anilines is 2. The highest BCUT2D eigenvalue weighted by Gasteiger charge is 2.32. The van der Waals surface area contributed by atoms with Crippen LogP contribution >= 0.6 is 20.4 Å². The second-order valence-electron chi connectivity index (χ2n) is 7.32. The van der Waals surface area contributed by atoms with Crippen LogP contribution in [-0.4, -0.2) is 24.1 Å². The third-order valence-electron chi connectivity index (χ3n) is 5.25. The third-order valence-corrected chi connectivity index (χ3v) is 8.29. The summed E-state index contributed by atoms with van der Waals surface area (Å²) in [6.07, 6.45) is 4.26. The van der Waals surface area contributed by atoms with E-state index in [9.17, 15) is 0 Å². The van der Waals surface area contributed by atoms with Gasteiger partial charge in [-0.2, -0.15) is 0 Å². The van der Waals surface area contributed by atoms with Gasteiger partial charge in [-0.15, -0.1) is 0 Å². The van der Waals surface area contributed by atoms with E-state index in [1.165, 1.54) is 28.0 Å². The van der Waals surface area contributed by atoms with Crippen molar-refractivity contribution in [1.82, 2.24) is 0 Å². The Kier molecular flexibility index (Phi) is 6.92. The second-order valence-corrected chi connectivity index (χ2v) is 10.1. The summed E-state index contributed by atoms with van der Waals surface area (Å²) in [4.78, 5) is 1.17. The molecule has 0 aromatic heterocycles. The van der Waals surface area contributed by atoms with Crippen LogP contribution in [0.15, 0.2) is 91.0 Å². The van der Waals surface area contributed by atoms with Gasteiger partial charge in [-0.05, 0) is 47.5 Å². The number of nitrogens with zero attached hydrogens (tertiary/aromatic N) is 2. The first kappa shape index (κ1) is 20.1. The van der Waals surface area contributed by atoms with Crippen molar-refractivity contribution in [3.8, 4) is 0 Å². The van der Waals surface area contributed by atoms with Gasteiger partial charge >= 0.3 is 0 Å². The zero-order valence-electron chi connectivity index (χ0n) is 16.7. The SMILES string of the molecule is S=C(CCCP1N(c2ccccc2)CCN1c1ccccc1)Cc1ccccc1. The number of benzene rings is 3. The molecule has 1 heterocycles. The van der Waals surface area contributed by atoms with Crippen molar-refractivity contribution in [1.29, 1.82) is 0 Å². The summed E-state index contributed by atoms with van der Waals surface area (Å²) >= 11 is 5.70. The van der Waals surface area contributed by atoms with Gasteiger partial charge in [-0.25, -0.2) is 0 Å². The maximum Gasteiger partial charge on any atom is 0.0952 e. The molecular formula is C25H27N2PS. The Morgan fingerprint density at radius 3 is 1.72 bits per heavy atom. The van der Waals surface area contributed by atoms with Gasteiger partial charge in [0.15, 0.2) is 0 Å². The third kappa shape index (κ3) is 5.23. The van der Waals surface area contributed by atoms with Crippen molar-refractivity contribution in [3.63, 3.8) is 0 Å². The van der Waals surface area contributed by atoms with Gasteiger partial charge in [-0.1, -0.05) is 78.9 Å². The van der Waals surface area contributed by atoms with Crippen molar-refractivity contribution < 1.29 is 0 Å². The lowest BCUT2D eigenvalue weighted by molar-refractivity contribution is 0.989. The molecule has 1 aliphatic rings. The molecule has 0 unspecified atom stereocenters. The standard InChI is InChI=1S/C25H27N2PS/c29-25(21-22-11-4-1-5-12-22)17-10-20-28-26(23-13-6-2-7-14-23)18-19-27(28)24-15-8-3-9-16-24/h1-9,11-16H,10,17-21H2. The topological polar surface area (TPSA) is 6.48 Å². The summed E-state index contributed by atoms with van der Waals surface area (Å²) in [5.41, 5.74) is 3.99. The van der Waals surface area contributed by atoms with Gasteiger partial charge in [0.05, 0.1) is 8.22 Å². The summed E-state index contributed by atoms with van der Waals surface area (Å²) in [5.74, 6) is 0. The molecule has 0 amide bonds. The molecule has 0 N–H and O–H groups in total. The average Bonchev–Trinajstić information content (AvgIpc) is 3.19. The fourth-order valence-corrected chi connectivity index (χ4v) is 6.78. The van der Waals surface area contributed by atoms with Crippen LogP contribution in [-0.2, 0) is 6.42 Å². The lowest BCUT2D eigenvalue weighted by atomic mass is 10.1. The number of hydrogen-bond acceptors (Lipinski definition) is 3. The average molecular weight is 419 g/mol. The van der Waals surface area contributed by atoms with Gasteiger partial charge in [0.25, 0.3) is 0 Å². The zero-order valence-corrected chi connectivity index (χ0v) is 18.4. The summed E-state index contributed by atoms with van der Waals surface area (Å²) in [6.45, 7) is 2.16. The Morgan fingerprint density at radius 1 is 0.724 bits per heavy atom. The Morgan fingerprint density at radius 2 is 1.21 bits per heavy atom. The normalized spacial score (nSPS) is 14.3. The van der Waals surface area contributed by atoms with Gasteiger partial charge in [0.2, 0.25) is 0 Å². The highest BCUT2D eigenvalue weighted by molar-refractivity contribution is 7.80. The van der Waals surface area contributed by atoms with E-state index in [0.29, 0.717) is 0 Å². The molecule has 0 bridgehead atoms. The van der Waals surface area contributed by atoms with Crippen molar-refractivity contribution in [3.05, 3.63) is 96.6 Å². The van der Waals surface area contributed by atoms with Crippen molar-refractivity contribution in [2.75, 3.05) is 28.6 Å². The van der Waals surface area contributed by atoms with E-state index >= 15 is 0 Å². The smallest absolute Gasteiger partial charge is 0.0952 e. The molecule has 148 valence electrons.